The normalized spacial score (nSPS) is 16.1. The van der Waals surface area contributed by atoms with Gasteiger partial charge in [0.25, 0.3) is 5.78 Å². The smallest absolute Gasteiger partial charge is 0.350 e. The van der Waals surface area contributed by atoms with Crippen molar-refractivity contribution in [2.45, 2.75) is 19.9 Å². The maximum absolute atomic E-state index is 13.6. The molecule has 1 N–H and O–H groups in total. The Morgan fingerprint density at radius 1 is 1.10 bits per heavy atom. The van der Waals surface area contributed by atoms with Gasteiger partial charge in [-0.05, 0) is 43.7 Å². The summed E-state index contributed by atoms with van der Waals surface area (Å²) in [5, 5.41) is 11.6. The number of aliphatic hydroxyl groups excluding tert-OH is 1. The first-order chi connectivity index (χ1) is 19.2. The standard InChI is InChI=1S/C29H28N2O8S/c1-7-13-39-28(35)26-16(3)30-29(40-26)31-22(18-9-8-10-20(37-5)25(18)38-6)21(24(33)27(31)34)23(32)17-11-12-19(36-4)15(2)14-17/h7-12,14,22,32H,1,13H2,2-6H3/b23-21+/t22-/m1/s1. The molecule has 11 heteroatoms. The first-order valence-corrected chi connectivity index (χ1v) is 12.9. The number of carbonyl (C=O) groups is 3. The number of rotatable bonds is 9. The maximum Gasteiger partial charge on any atom is 0.350 e. The lowest BCUT2D eigenvalue weighted by atomic mass is 9.94. The van der Waals surface area contributed by atoms with E-state index in [0.29, 0.717) is 28.3 Å². The van der Waals surface area contributed by atoms with Crippen LogP contribution >= 0.6 is 11.3 Å². The van der Waals surface area contributed by atoms with Gasteiger partial charge in [-0.3, -0.25) is 14.5 Å². The second-order valence-corrected chi connectivity index (χ2v) is 9.71. The number of nitrogens with zero attached hydrogens (tertiary/aromatic N) is 2. The molecule has 0 spiro atoms. The van der Waals surface area contributed by atoms with E-state index >= 15 is 0 Å². The molecule has 0 radical (unpaired) electrons. The van der Waals surface area contributed by atoms with Crippen molar-refractivity contribution in [1.29, 1.82) is 0 Å². The number of carbonyl (C=O) groups excluding carboxylic acids is 3. The van der Waals surface area contributed by atoms with E-state index in [1.807, 2.05) is 0 Å². The van der Waals surface area contributed by atoms with Crippen LogP contribution in [0.25, 0.3) is 5.76 Å². The molecule has 0 bridgehead atoms. The van der Waals surface area contributed by atoms with E-state index in [1.54, 1.807) is 50.2 Å². The Bertz CT molecular complexity index is 1540. The van der Waals surface area contributed by atoms with Crippen molar-refractivity contribution in [3.8, 4) is 17.2 Å². The number of anilines is 1. The zero-order valence-corrected chi connectivity index (χ0v) is 23.5. The second kappa shape index (κ2) is 11.6. The molecule has 2 heterocycles. The quantitative estimate of drug-likeness (QED) is 0.129. The highest BCUT2D eigenvalue weighted by Crippen LogP contribution is 2.48. The number of aryl methyl sites for hydroxylation is 2. The molecule has 0 unspecified atom stereocenters. The van der Waals surface area contributed by atoms with E-state index in [0.717, 1.165) is 21.8 Å². The highest BCUT2D eigenvalue weighted by atomic mass is 32.1. The van der Waals surface area contributed by atoms with E-state index in [1.165, 1.54) is 27.4 Å². The number of aliphatic hydroxyl groups is 1. The summed E-state index contributed by atoms with van der Waals surface area (Å²) in [6.07, 6.45) is 1.43. The fourth-order valence-electron chi connectivity index (χ4n) is 4.51. The largest absolute Gasteiger partial charge is 0.507 e. The summed E-state index contributed by atoms with van der Waals surface area (Å²) in [7, 11) is 4.42. The Balaban J connectivity index is 1.97. The van der Waals surface area contributed by atoms with Gasteiger partial charge in [-0.2, -0.15) is 0 Å². The van der Waals surface area contributed by atoms with E-state index in [4.69, 9.17) is 18.9 Å². The summed E-state index contributed by atoms with van der Waals surface area (Å²) in [5.74, 6) is -1.67. The van der Waals surface area contributed by atoms with Crippen molar-refractivity contribution in [2.24, 2.45) is 0 Å². The molecule has 1 aromatic heterocycles. The minimum absolute atomic E-state index is 0.00168. The lowest BCUT2D eigenvalue weighted by molar-refractivity contribution is -0.132. The van der Waals surface area contributed by atoms with Crippen molar-refractivity contribution >= 4 is 39.9 Å². The number of ketones is 1. The number of para-hydroxylation sites is 1. The van der Waals surface area contributed by atoms with Gasteiger partial charge in [0.05, 0.1) is 32.6 Å². The van der Waals surface area contributed by atoms with Gasteiger partial charge in [0.15, 0.2) is 16.6 Å². The van der Waals surface area contributed by atoms with E-state index in [2.05, 4.69) is 11.6 Å². The van der Waals surface area contributed by atoms with Crippen molar-refractivity contribution in [1.82, 2.24) is 4.98 Å². The summed E-state index contributed by atoms with van der Waals surface area (Å²) in [4.78, 5) is 45.5. The van der Waals surface area contributed by atoms with Gasteiger partial charge < -0.3 is 24.1 Å². The van der Waals surface area contributed by atoms with E-state index in [-0.39, 0.29) is 33.7 Å². The van der Waals surface area contributed by atoms with Gasteiger partial charge >= 0.3 is 11.9 Å². The Labute approximate surface area is 235 Å². The molecule has 10 nitrogen and oxygen atoms in total. The summed E-state index contributed by atoms with van der Waals surface area (Å²) in [6, 6.07) is 8.76. The van der Waals surface area contributed by atoms with Crippen LogP contribution in [0.15, 0.2) is 54.6 Å². The number of Topliss-reactive ketones (excluding diaryl/α,β-unsaturated/α-hetero) is 1. The minimum atomic E-state index is -1.16. The molecule has 4 rings (SSSR count). The van der Waals surface area contributed by atoms with Crippen LogP contribution in [0.3, 0.4) is 0 Å². The average molecular weight is 565 g/mol. The van der Waals surface area contributed by atoms with Gasteiger partial charge in [0.1, 0.15) is 29.0 Å². The van der Waals surface area contributed by atoms with Gasteiger partial charge in [-0.15, -0.1) is 0 Å². The molecule has 2 aromatic carbocycles. The van der Waals surface area contributed by atoms with Crippen LogP contribution in [-0.4, -0.2) is 55.7 Å². The molecule has 1 atom stereocenters. The Morgan fingerprint density at radius 3 is 2.45 bits per heavy atom. The van der Waals surface area contributed by atoms with Gasteiger partial charge in [0.2, 0.25) is 0 Å². The first kappa shape index (κ1) is 28.4. The number of thiazole rings is 1. The monoisotopic (exact) mass is 564 g/mol. The number of aromatic nitrogens is 1. The van der Waals surface area contributed by atoms with Crippen LogP contribution < -0.4 is 19.1 Å². The number of amides is 1. The third-order valence-corrected chi connectivity index (χ3v) is 7.49. The lowest BCUT2D eigenvalue weighted by Crippen LogP contribution is -2.29. The third kappa shape index (κ3) is 4.91. The molecule has 1 saturated heterocycles. The van der Waals surface area contributed by atoms with Crippen LogP contribution in [0.4, 0.5) is 5.13 Å². The highest BCUT2D eigenvalue weighted by Gasteiger charge is 2.49. The average Bonchev–Trinajstić information content (AvgIpc) is 3.46. The molecule has 0 saturated carbocycles. The van der Waals surface area contributed by atoms with Gasteiger partial charge in [0, 0.05) is 11.1 Å². The molecule has 3 aromatic rings. The lowest BCUT2D eigenvalue weighted by Gasteiger charge is -2.25. The van der Waals surface area contributed by atoms with Crippen LogP contribution in [0.5, 0.6) is 17.2 Å². The third-order valence-electron chi connectivity index (χ3n) is 6.35. The molecule has 1 aliphatic rings. The van der Waals surface area contributed by atoms with Crippen molar-refractivity contribution in [2.75, 3.05) is 32.8 Å². The predicted octanol–water partition coefficient (Wildman–Crippen LogP) is 4.75. The summed E-state index contributed by atoms with van der Waals surface area (Å²) in [5.41, 5.74) is 1.54. The van der Waals surface area contributed by atoms with E-state index < -0.39 is 23.7 Å². The fraction of sp³-hybridized carbons (Fsp3) is 0.241. The number of methoxy groups -OCH3 is 3. The molecule has 0 aliphatic carbocycles. The van der Waals surface area contributed by atoms with Gasteiger partial charge in [-0.25, -0.2) is 9.78 Å². The summed E-state index contributed by atoms with van der Waals surface area (Å²) >= 11 is 0.900. The van der Waals surface area contributed by atoms with Crippen molar-refractivity contribution < 1.29 is 38.4 Å². The molecule has 1 amide bonds. The zero-order chi connectivity index (χ0) is 29.1. The number of esters is 1. The number of ether oxygens (including phenoxy) is 4. The Kier molecular flexibility index (Phi) is 8.24. The van der Waals surface area contributed by atoms with Crippen LogP contribution in [0.1, 0.15) is 38.1 Å². The van der Waals surface area contributed by atoms with Crippen molar-refractivity contribution in [3.05, 3.63) is 81.9 Å². The maximum atomic E-state index is 13.6. The van der Waals surface area contributed by atoms with Crippen LogP contribution in [0, 0.1) is 13.8 Å². The highest BCUT2D eigenvalue weighted by molar-refractivity contribution is 7.17. The summed E-state index contributed by atoms with van der Waals surface area (Å²) < 4.78 is 21.6. The number of benzene rings is 2. The molecule has 208 valence electrons. The molecule has 40 heavy (non-hydrogen) atoms. The fourth-order valence-corrected chi connectivity index (χ4v) is 5.49. The molecular formula is C29H28N2O8S. The Hall–Kier alpha value is -4.64. The minimum Gasteiger partial charge on any atom is -0.507 e. The number of hydrogen-bond donors (Lipinski definition) is 1. The molecular weight excluding hydrogens is 536 g/mol. The SMILES string of the molecule is C=CCOC(=O)c1sc(N2C(=O)C(=O)/C(=C(/O)c3ccc(OC)c(C)c3)[C@H]2c2cccc(OC)c2OC)nc1C. The second-order valence-electron chi connectivity index (χ2n) is 8.73. The van der Waals surface area contributed by atoms with Crippen LogP contribution in [-0.2, 0) is 14.3 Å². The predicted molar refractivity (Wildman–Crippen MR) is 149 cm³/mol. The number of hydrogen-bond acceptors (Lipinski definition) is 10. The van der Waals surface area contributed by atoms with Gasteiger partial charge in [-0.1, -0.05) is 36.1 Å². The molecule has 1 aliphatic heterocycles. The van der Waals surface area contributed by atoms with Crippen LogP contribution in [0.2, 0.25) is 0 Å². The zero-order valence-electron chi connectivity index (χ0n) is 22.6. The van der Waals surface area contributed by atoms with Crippen molar-refractivity contribution in [3.63, 3.8) is 0 Å². The summed E-state index contributed by atoms with van der Waals surface area (Å²) in [6.45, 7) is 6.93. The Morgan fingerprint density at radius 2 is 1.82 bits per heavy atom. The first-order valence-electron chi connectivity index (χ1n) is 12.1. The molecule has 1 fully saturated rings. The van der Waals surface area contributed by atoms with E-state index in [9.17, 15) is 19.5 Å². The topological polar surface area (TPSA) is 124 Å².